The summed E-state index contributed by atoms with van der Waals surface area (Å²) in [5, 5.41) is 0. The number of nitrogens with zero attached hydrogens (tertiary/aromatic N) is 1. The Morgan fingerprint density at radius 2 is 1.95 bits per heavy atom. The van der Waals surface area contributed by atoms with Crippen molar-refractivity contribution in [2.75, 3.05) is 13.2 Å². The minimum absolute atomic E-state index is 0.273. The van der Waals surface area contributed by atoms with Crippen molar-refractivity contribution in [3.05, 3.63) is 35.9 Å². The predicted molar refractivity (Wildman–Crippen MR) is 66.9 cm³/mol. The average molecular weight is 287 g/mol. The summed E-state index contributed by atoms with van der Waals surface area (Å²) >= 11 is 0. The van der Waals surface area contributed by atoms with E-state index in [1.54, 1.807) is 0 Å². The molecule has 0 aromatic heterocycles. The van der Waals surface area contributed by atoms with Gasteiger partial charge in [0.25, 0.3) is 5.91 Å². The number of halogens is 3. The molecule has 1 saturated heterocycles. The van der Waals surface area contributed by atoms with Crippen LogP contribution in [0.1, 0.15) is 18.9 Å². The van der Waals surface area contributed by atoms with Gasteiger partial charge in [-0.2, -0.15) is 13.2 Å². The molecule has 1 heterocycles. The molecule has 6 heteroatoms. The van der Waals surface area contributed by atoms with Crippen LogP contribution in [0.25, 0.3) is 0 Å². The molecule has 1 aromatic rings. The Bertz CT molecular complexity index is 475. The van der Waals surface area contributed by atoms with E-state index in [0.717, 1.165) is 5.56 Å². The highest BCUT2D eigenvalue weighted by molar-refractivity contribution is 5.87. The molecule has 20 heavy (non-hydrogen) atoms. The van der Waals surface area contributed by atoms with Gasteiger partial charge in [0.2, 0.25) is 0 Å². The lowest BCUT2D eigenvalue weighted by atomic mass is 10.1. The van der Waals surface area contributed by atoms with E-state index in [1.807, 2.05) is 30.3 Å². The fraction of sp³-hybridized carbons (Fsp3) is 0.500. The molecule has 1 atom stereocenters. The average Bonchev–Trinajstić information content (AvgIpc) is 2.66. The van der Waals surface area contributed by atoms with Crippen LogP contribution in [0.2, 0.25) is 0 Å². The van der Waals surface area contributed by atoms with Crippen molar-refractivity contribution < 1.29 is 22.7 Å². The Kier molecular flexibility index (Phi) is 4.04. The lowest BCUT2D eigenvalue weighted by Gasteiger charge is -2.24. The second kappa shape index (κ2) is 5.44. The maximum absolute atomic E-state index is 12.2. The third kappa shape index (κ3) is 3.50. The van der Waals surface area contributed by atoms with Crippen LogP contribution in [0.4, 0.5) is 13.2 Å². The van der Waals surface area contributed by atoms with Gasteiger partial charge in [-0.15, -0.1) is 0 Å². The molecule has 1 aromatic carbocycles. The molecule has 1 amide bonds. The van der Waals surface area contributed by atoms with Crippen molar-refractivity contribution >= 4 is 5.91 Å². The normalized spacial score (nSPS) is 23.4. The van der Waals surface area contributed by atoms with Crippen molar-refractivity contribution in [2.45, 2.75) is 31.7 Å². The first-order chi connectivity index (χ1) is 9.30. The largest absolute Gasteiger partial charge is 0.411 e. The van der Waals surface area contributed by atoms with Crippen LogP contribution in [0.15, 0.2) is 30.3 Å². The van der Waals surface area contributed by atoms with Crippen molar-refractivity contribution in [1.82, 2.24) is 4.90 Å². The summed E-state index contributed by atoms with van der Waals surface area (Å²) < 4.78 is 41.4. The van der Waals surface area contributed by atoms with Gasteiger partial charge in [-0.1, -0.05) is 30.3 Å². The smallest absolute Gasteiger partial charge is 0.356 e. The molecule has 0 saturated carbocycles. The molecule has 1 aliphatic heterocycles. The van der Waals surface area contributed by atoms with Crippen LogP contribution in [0.3, 0.4) is 0 Å². The Hall–Kier alpha value is -1.56. The molecular weight excluding hydrogens is 271 g/mol. The number of alkyl halides is 3. The summed E-state index contributed by atoms with van der Waals surface area (Å²) in [6.07, 6.45) is -4.15. The van der Waals surface area contributed by atoms with Crippen LogP contribution in [-0.4, -0.2) is 35.7 Å². The summed E-state index contributed by atoms with van der Waals surface area (Å²) in [5.41, 5.74) is -0.425. The molecule has 3 nitrogen and oxygen atoms in total. The summed E-state index contributed by atoms with van der Waals surface area (Å²) in [7, 11) is 0. The Morgan fingerprint density at radius 3 is 2.55 bits per heavy atom. The Labute approximate surface area is 115 Å². The molecule has 110 valence electrons. The third-order valence-corrected chi connectivity index (χ3v) is 3.37. The molecule has 1 aliphatic rings. The van der Waals surface area contributed by atoms with Crippen LogP contribution < -0.4 is 0 Å². The maximum Gasteiger partial charge on any atom is 0.411 e. The molecule has 0 aliphatic carbocycles. The summed E-state index contributed by atoms with van der Waals surface area (Å²) in [5.74, 6) is -0.384. The first-order valence-electron chi connectivity index (χ1n) is 6.34. The number of benzene rings is 1. The van der Waals surface area contributed by atoms with Gasteiger partial charge >= 0.3 is 6.18 Å². The quantitative estimate of drug-likeness (QED) is 0.852. The van der Waals surface area contributed by atoms with Crippen molar-refractivity contribution in [3.8, 4) is 0 Å². The summed E-state index contributed by atoms with van der Waals surface area (Å²) in [6.45, 7) is 0.827. The third-order valence-electron chi connectivity index (χ3n) is 3.37. The minimum atomic E-state index is -4.42. The van der Waals surface area contributed by atoms with E-state index >= 15 is 0 Å². The van der Waals surface area contributed by atoms with Crippen LogP contribution >= 0.6 is 0 Å². The first-order valence-corrected chi connectivity index (χ1v) is 6.34. The molecule has 1 fully saturated rings. The van der Waals surface area contributed by atoms with Crippen LogP contribution in [-0.2, 0) is 16.1 Å². The fourth-order valence-corrected chi connectivity index (χ4v) is 2.22. The van der Waals surface area contributed by atoms with Gasteiger partial charge < -0.3 is 9.64 Å². The Morgan fingerprint density at radius 1 is 1.30 bits per heavy atom. The maximum atomic E-state index is 12.2. The second-order valence-electron chi connectivity index (χ2n) is 5.10. The zero-order valence-electron chi connectivity index (χ0n) is 11.1. The van der Waals surface area contributed by atoms with Gasteiger partial charge in [0, 0.05) is 19.5 Å². The van der Waals surface area contributed by atoms with E-state index in [1.165, 1.54) is 11.8 Å². The van der Waals surface area contributed by atoms with E-state index in [0.29, 0.717) is 13.1 Å². The lowest BCUT2D eigenvalue weighted by Crippen LogP contribution is -2.41. The summed E-state index contributed by atoms with van der Waals surface area (Å²) in [6, 6.07) is 9.33. The molecule has 0 bridgehead atoms. The van der Waals surface area contributed by atoms with Gasteiger partial charge in [0.15, 0.2) is 0 Å². The zero-order valence-corrected chi connectivity index (χ0v) is 11.1. The molecule has 0 spiro atoms. The molecule has 0 N–H and O–H groups in total. The number of hydrogen-bond acceptors (Lipinski definition) is 2. The van der Waals surface area contributed by atoms with E-state index in [2.05, 4.69) is 0 Å². The fourth-order valence-electron chi connectivity index (χ4n) is 2.22. The van der Waals surface area contributed by atoms with Gasteiger partial charge in [0.1, 0.15) is 12.2 Å². The molecule has 0 radical (unpaired) electrons. The topological polar surface area (TPSA) is 29.5 Å². The summed E-state index contributed by atoms with van der Waals surface area (Å²) in [4.78, 5) is 13.7. The predicted octanol–water partition coefficient (Wildman–Crippen LogP) is 2.76. The standard InChI is InChI=1S/C14H16F3NO2/c1-13(20-10-14(15,16)17)7-8-18(12(13)19)9-11-5-3-2-4-6-11/h2-6H,7-10H2,1H3. The SMILES string of the molecule is CC1(OCC(F)(F)F)CCN(Cc2ccccc2)C1=O. The highest BCUT2D eigenvalue weighted by Gasteiger charge is 2.46. The van der Waals surface area contributed by atoms with Crippen LogP contribution in [0, 0.1) is 0 Å². The number of carbonyl (C=O) groups is 1. The van der Waals surface area contributed by atoms with Crippen LogP contribution in [0.5, 0.6) is 0 Å². The minimum Gasteiger partial charge on any atom is -0.356 e. The Balaban J connectivity index is 1.98. The van der Waals surface area contributed by atoms with Crippen molar-refractivity contribution in [2.24, 2.45) is 0 Å². The monoisotopic (exact) mass is 287 g/mol. The van der Waals surface area contributed by atoms with E-state index in [9.17, 15) is 18.0 Å². The van der Waals surface area contributed by atoms with Crippen molar-refractivity contribution in [1.29, 1.82) is 0 Å². The number of ether oxygens (including phenoxy) is 1. The van der Waals surface area contributed by atoms with E-state index in [4.69, 9.17) is 4.74 Å². The highest BCUT2D eigenvalue weighted by Crippen LogP contribution is 2.30. The van der Waals surface area contributed by atoms with E-state index < -0.39 is 18.4 Å². The lowest BCUT2D eigenvalue weighted by molar-refractivity contribution is -0.202. The van der Waals surface area contributed by atoms with Gasteiger partial charge in [-0.3, -0.25) is 4.79 Å². The van der Waals surface area contributed by atoms with Crippen molar-refractivity contribution in [3.63, 3.8) is 0 Å². The zero-order chi connectivity index (χ0) is 14.8. The number of carbonyl (C=O) groups excluding carboxylic acids is 1. The van der Waals surface area contributed by atoms with Gasteiger partial charge in [-0.25, -0.2) is 0 Å². The van der Waals surface area contributed by atoms with Gasteiger partial charge in [-0.05, 0) is 12.5 Å². The highest BCUT2D eigenvalue weighted by atomic mass is 19.4. The first kappa shape index (κ1) is 14.8. The number of hydrogen-bond donors (Lipinski definition) is 0. The second-order valence-corrected chi connectivity index (χ2v) is 5.10. The number of likely N-dealkylation sites (tertiary alicyclic amines) is 1. The molecule has 1 unspecified atom stereocenters. The van der Waals surface area contributed by atoms with Gasteiger partial charge in [0.05, 0.1) is 0 Å². The molecule has 2 rings (SSSR count). The van der Waals surface area contributed by atoms with E-state index in [-0.39, 0.29) is 12.3 Å². The number of amides is 1. The number of rotatable bonds is 4. The molecular formula is C14H16F3NO2.